The van der Waals surface area contributed by atoms with Crippen LogP contribution in [-0.4, -0.2) is 62.7 Å². The van der Waals surface area contributed by atoms with Crippen molar-refractivity contribution in [2.75, 3.05) is 42.5 Å². The Labute approximate surface area is 223 Å². The number of aromatic amines is 1. The molecule has 0 aliphatic carbocycles. The molecule has 9 nitrogen and oxygen atoms in total. The van der Waals surface area contributed by atoms with Gasteiger partial charge in [-0.25, -0.2) is 9.37 Å². The van der Waals surface area contributed by atoms with Gasteiger partial charge in [-0.15, -0.1) is 0 Å². The molecule has 1 aromatic carbocycles. The lowest BCUT2D eigenvalue weighted by atomic mass is 10.0. The summed E-state index contributed by atoms with van der Waals surface area (Å²) in [6.07, 6.45) is 3.56. The summed E-state index contributed by atoms with van der Waals surface area (Å²) in [6.45, 7) is 6.34. The highest BCUT2D eigenvalue weighted by molar-refractivity contribution is 6.30. The summed E-state index contributed by atoms with van der Waals surface area (Å²) in [5.41, 5.74) is 6.01. The summed E-state index contributed by atoms with van der Waals surface area (Å²) in [7, 11) is 0. The van der Waals surface area contributed by atoms with Crippen LogP contribution in [0, 0.1) is 5.82 Å². The molecule has 1 saturated heterocycles. The summed E-state index contributed by atoms with van der Waals surface area (Å²) in [5.74, 6) is 0.674. The van der Waals surface area contributed by atoms with E-state index in [1.54, 1.807) is 12.3 Å². The minimum Gasteiger partial charge on any atom is -0.362 e. The number of nitrogens with zero attached hydrogens (tertiary/aromatic N) is 7. The number of hydrogen-bond acceptors (Lipinski definition) is 7. The van der Waals surface area contributed by atoms with Crippen molar-refractivity contribution in [3.63, 3.8) is 0 Å². The van der Waals surface area contributed by atoms with Crippen LogP contribution in [0.2, 0.25) is 5.02 Å². The van der Waals surface area contributed by atoms with Crippen LogP contribution in [0.15, 0.2) is 54.9 Å². The maximum atomic E-state index is 14.6. The van der Waals surface area contributed by atoms with E-state index in [0.29, 0.717) is 27.5 Å². The number of pyridine rings is 2. The Bertz CT molecular complexity index is 1640. The lowest BCUT2D eigenvalue weighted by Crippen LogP contribution is -2.43. The molecular weight excluding hydrogens is 505 g/mol. The molecule has 0 radical (unpaired) electrons. The Morgan fingerprint density at radius 1 is 0.868 bits per heavy atom. The number of halogens is 2. The number of H-pyrrole nitrogens is 1. The van der Waals surface area contributed by atoms with Crippen LogP contribution in [0.5, 0.6) is 0 Å². The van der Waals surface area contributed by atoms with Gasteiger partial charge in [0.15, 0.2) is 5.82 Å². The Morgan fingerprint density at radius 3 is 2.66 bits per heavy atom. The SMILES string of the molecule is Fc1ccc(Cl)cc1-c1[nH]ncc1-c1ccc2ncc(N3CCn4nc(N5CCNCC5)cc4C3)cc2n1. The molecule has 0 spiro atoms. The first-order valence-corrected chi connectivity index (χ1v) is 13.0. The van der Waals surface area contributed by atoms with Crippen molar-refractivity contribution in [2.24, 2.45) is 0 Å². The van der Waals surface area contributed by atoms with Crippen LogP contribution in [0.1, 0.15) is 5.69 Å². The van der Waals surface area contributed by atoms with Crippen molar-refractivity contribution in [2.45, 2.75) is 13.1 Å². The maximum Gasteiger partial charge on any atom is 0.151 e. The Hall–Kier alpha value is -4.02. The number of anilines is 2. The number of rotatable bonds is 4. The van der Waals surface area contributed by atoms with Gasteiger partial charge in [0.1, 0.15) is 5.82 Å². The molecule has 0 unspecified atom stereocenters. The second kappa shape index (κ2) is 9.38. The van der Waals surface area contributed by atoms with E-state index in [-0.39, 0.29) is 5.82 Å². The van der Waals surface area contributed by atoms with E-state index in [1.165, 1.54) is 17.8 Å². The van der Waals surface area contributed by atoms with Gasteiger partial charge in [0.25, 0.3) is 0 Å². The van der Waals surface area contributed by atoms with E-state index in [9.17, 15) is 4.39 Å². The van der Waals surface area contributed by atoms with Gasteiger partial charge in [0.2, 0.25) is 0 Å². The highest BCUT2D eigenvalue weighted by atomic mass is 35.5. The summed E-state index contributed by atoms with van der Waals surface area (Å²) < 4.78 is 16.7. The first kappa shape index (κ1) is 23.1. The third kappa shape index (κ3) is 4.15. The first-order valence-electron chi connectivity index (χ1n) is 12.7. The van der Waals surface area contributed by atoms with Crippen LogP contribution < -0.4 is 15.1 Å². The molecule has 0 atom stereocenters. The zero-order valence-electron chi connectivity index (χ0n) is 20.5. The van der Waals surface area contributed by atoms with Gasteiger partial charge in [-0.2, -0.15) is 10.2 Å². The zero-order valence-corrected chi connectivity index (χ0v) is 21.3. The number of piperazine rings is 1. The molecular formula is C27H25ClFN9. The third-order valence-electron chi connectivity index (χ3n) is 7.23. The Balaban J connectivity index is 1.18. The minimum atomic E-state index is -0.380. The van der Waals surface area contributed by atoms with Gasteiger partial charge in [0.05, 0.1) is 59.3 Å². The smallest absolute Gasteiger partial charge is 0.151 e. The quantitative estimate of drug-likeness (QED) is 0.362. The van der Waals surface area contributed by atoms with Gasteiger partial charge in [-0.3, -0.25) is 14.8 Å². The molecule has 0 bridgehead atoms. The van der Waals surface area contributed by atoms with Crippen LogP contribution in [0.3, 0.4) is 0 Å². The van der Waals surface area contributed by atoms with E-state index in [2.05, 4.69) is 47.1 Å². The maximum absolute atomic E-state index is 14.6. The van der Waals surface area contributed by atoms with Crippen molar-refractivity contribution >= 4 is 34.1 Å². The topological polar surface area (TPSA) is 90.8 Å². The number of nitrogens with one attached hydrogen (secondary N) is 2. The summed E-state index contributed by atoms with van der Waals surface area (Å²) in [5, 5.41) is 15.8. The van der Waals surface area contributed by atoms with Gasteiger partial charge in [-0.1, -0.05) is 11.6 Å². The molecule has 7 rings (SSSR count). The van der Waals surface area contributed by atoms with E-state index < -0.39 is 0 Å². The molecule has 4 aromatic heterocycles. The fraction of sp³-hybridized carbons (Fsp3) is 0.259. The second-order valence-electron chi connectivity index (χ2n) is 9.59. The predicted molar refractivity (Wildman–Crippen MR) is 146 cm³/mol. The summed E-state index contributed by atoms with van der Waals surface area (Å²) in [6, 6.07) is 12.5. The lowest BCUT2D eigenvalue weighted by molar-refractivity contribution is 0.515. The monoisotopic (exact) mass is 529 g/mol. The van der Waals surface area contributed by atoms with E-state index >= 15 is 0 Å². The first-order chi connectivity index (χ1) is 18.6. The standard InChI is InChI=1S/C27H25ClFN9/c28-17-1-2-22(29)20(11-17)27-21(15-32-34-27)23-3-4-24-25(33-23)12-18(14-31-24)37-9-10-38-19(16-37)13-26(35-38)36-7-5-30-6-8-36/h1-4,11-15,30H,5-10,16H2,(H,32,34). The van der Waals surface area contributed by atoms with E-state index in [1.807, 2.05) is 18.3 Å². The fourth-order valence-corrected chi connectivity index (χ4v) is 5.39. The minimum absolute atomic E-state index is 0.351. The molecule has 2 N–H and O–H groups in total. The van der Waals surface area contributed by atoms with Crippen molar-refractivity contribution in [1.82, 2.24) is 35.3 Å². The fourth-order valence-electron chi connectivity index (χ4n) is 5.21. The lowest BCUT2D eigenvalue weighted by Gasteiger charge is -2.29. The molecule has 2 aliphatic heterocycles. The average molecular weight is 530 g/mol. The highest BCUT2D eigenvalue weighted by Gasteiger charge is 2.22. The number of hydrogen-bond donors (Lipinski definition) is 2. The molecule has 1 fully saturated rings. The van der Waals surface area contributed by atoms with Crippen molar-refractivity contribution in [1.29, 1.82) is 0 Å². The molecule has 38 heavy (non-hydrogen) atoms. The summed E-state index contributed by atoms with van der Waals surface area (Å²) >= 11 is 6.13. The number of benzene rings is 1. The highest BCUT2D eigenvalue weighted by Crippen LogP contribution is 2.33. The van der Waals surface area contributed by atoms with Crippen molar-refractivity contribution in [3.05, 3.63) is 71.4 Å². The van der Waals surface area contributed by atoms with E-state index in [0.717, 1.165) is 68.4 Å². The molecule has 192 valence electrons. The molecule has 0 saturated carbocycles. The van der Waals surface area contributed by atoms with Gasteiger partial charge < -0.3 is 15.1 Å². The molecule has 5 aromatic rings. The predicted octanol–water partition coefficient (Wildman–Crippen LogP) is 4.11. The summed E-state index contributed by atoms with van der Waals surface area (Å²) in [4.78, 5) is 14.2. The molecule has 6 heterocycles. The van der Waals surface area contributed by atoms with E-state index in [4.69, 9.17) is 21.7 Å². The zero-order chi connectivity index (χ0) is 25.6. The average Bonchev–Trinajstić information content (AvgIpc) is 3.61. The Morgan fingerprint density at radius 2 is 1.76 bits per heavy atom. The number of fused-ring (bicyclic) bond motifs is 2. The third-order valence-corrected chi connectivity index (χ3v) is 7.46. The van der Waals surface area contributed by atoms with Gasteiger partial charge in [-0.05, 0) is 36.4 Å². The largest absolute Gasteiger partial charge is 0.362 e. The van der Waals surface area contributed by atoms with Crippen molar-refractivity contribution in [3.8, 4) is 22.5 Å². The molecule has 0 amide bonds. The van der Waals surface area contributed by atoms with Crippen molar-refractivity contribution < 1.29 is 4.39 Å². The van der Waals surface area contributed by atoms with Crippen LogP contribution in [0.25, 0.3) is 33.5 Å². The molecule has 11 heteroatoms. The van der Waals surface area contributed by atoms with Crippen LogP contribution in [0.4, 0.5) is 15.9 Å². The number of aromatic nitrogens is 6. The van der Waals surface area contributed by atoms with Crippen LogP contribution in [-0.2, 0) is 13.1 Å². The normalized spacial score (nSPS) is 15.7. The van der Waals surface area contributed by atoms with Gasteiger partial charge in [0, 0.05) is 54.9 Å². The second-order valence-corrected chi connectivity index (χ2v) is 10.0. The Kier molecular flexibility index (Phi) is 5.70. The molecule has 2 aliphatic rings. The van der Waals surface area contributed by atoms with Gasteiger partial charge >= 0.3 is 0 Å². The van der Waals surface area contributed by atoms with Crippen LogP contribution >= 0.6 is 11.6 Å².